The Labute approximate surface area is 128 Å². The topological polar surface area (TPSA) is 80.9 Å². The second kappa shape index (κ2) is 5.19. The van der Waals surface area contributed by atoms with Crippen molar-refractivity contribution in [3.63, 3.8) is 0 Å². The van der Waals surface area contributed by atoms with Gasteiger partial charge in [0.15, 0.2) is 11.6 Å². The normalized spacial score (nSPS) is 19.0. The van der Waals surface area contributed by atoms with Gasteiger partial charge in [0.25, 0.3) is 5.91 Å². The molecule has 4 rings (SSSR count). The van der Waals surface area contributed by atoms with E-state index >= 15 is 0 Å². The minimum atomic E-state index is -0.130. The highest BCUT2D eigenvalue weighted by Crippen LogP contribution is 2.43. The number of carbonyl (C=O) groups is 1. The Balaban J connectivity index is 1.59. The van der Waals surface area contributed by atoms with E-state index < -0.39 is 0 Å². The number of nitrogens with zero attached hydrogens (tertiary/aromatic N) is 3. The van der Waals surface area contributed by atoms with Gasteiger partial charge in [0, 0.05) is 18.3 Å². The lowest BCUT2D eigenvalue weighted by Gasteiger charge is -2.16. The molecule has 2 aliphatic carbocycles. The van der Waals surface area contributed by atoms with E-state index in [0.29, 0.717) is 28.9 Å². The SMILES string of the molecule is Cc1noc(C2CC2)c1C(=O)NC(c1ncccn1)C1CC1. The van der Waals surface area contributed by atoms with Gasteiger partial charge in [-0.25, -0.2) is 9.97 Å². The molecule has 0 bridgehead atoms. The van der Waals surface area contributed by atoms with Crippen molar-refractivity contribution < 1.29 is 9.32 Å². The number of aromatic nitrogens is 3. The largest absolute Gasteiger partial charge is 0.360 e. The van der Waals surface area contributed by atoms with Crippen molar-refractivity contribution in [2.75, 3.05) is 0 Å². The Hall–Kier alpha value is -2.24. The van der Waals surface area contributed by atoms with E-state index in [1.165, 1.54) is 0 Å². The van der Waals surface area contributed by atoms with Crippen LogP contribution in [0.2, 0.25) is 0 Å². The number of hydrogen-bond donors (Lipinski definition) is 1. The molecule has 0 radical (unpaired) electrons. The van der Waals surface area contributed by atoms with Gasteiger partial charge < -0.3 is 9.84 Å². The first kappa shape index (κ1) is 13.4. The van der Waals surface area contributed by atoms with E-state index in [2.05, 4.69) is 20.4 Å². The van der Waals surface area contributed by atoms with Gasteiger partial charge in [-0.15, -0.1) is 0 Å². The molecule has 1 atom stereocenters. The van der Waals surface area contributed by atoms with Crippen LogP contribution in [0.4, 0.5) is 0 Å². The van der Waals surface area contributed by atoms with Gasteiger partial charge in [0.05, 0.1) is 11.7 Å². The molecule has 2 aliphatic rings. The van der Waals surface area contributed by atoms with Crippen LogP contribution in [0.25, 0.3) is 0 Å². The van der Waals surface area contributed by atoms with E-state index in [1.807, 2.05) is 6.92 Å². The zero-order chi connectivity index (χ0) is 15.1. The summed E-state index contributed by atoms with van der Waals surface area (Å²) in [5, 5.41) is 7.07. The van der Waals surface area contributed by atoms with Crippen LogP contribution < -0.4 is 5.32 Å². The summed E-state index contributed by atoms with van der Waals surface area (Å²) in [4.78, 5) is 21.3. The van der Waals surface area contributed by atoms with E-state index in [4.69, 9.17) is 4.52 Å². The maximum absolute atomic E-state index is 12.7. The third-order valence-corrected chi connectivity index (χ3v) is 4.31. The van der Waals surface area contributed by atoms with Gasteiger partial charge in [-0.2, -0.15) is 0 Å². The van der Waals surface area contributed by atoms with Crippen LogP contribution >= 0.6 is 0 Å². The van der Waals surface area contributed by atoms with Gasteiger partial charge >= 0.3 is 0 Å². The molecule has 114 valence electrons. The molecule has 0 saturated heterocycles. The zero-order valence-electron chi connectivity index (χ0n) is 12.5. The van der Waals surface area contributed by atoms with Crippen LogP contribution in [-0.2, 0) is 0 Å². The third-order valence-electron chi connectivity index (χ3n) is 4.31. The third kappa shape index (κ3) is 2.49. The summed E-state index contributed by atoms with van der Waals surface area (Å²) in [5.41, 5.74) is 1.26. The minimum absolute atomic E-state index is 0.120. The summed E-state index contributed by atoms with van der Waals surface area (Å²) >= 11 is 0. The summed E-state index contributed by atoms with van der Waals surface area (Å²) in [6.07, 6.45) is 7.77. The summed E-state index contributed by atoms with van der Waals surface area (Å²) in [6, 6.07) is 1.65. The zero-order valence-corrected chi connectivity index (χ0v) is 12.5. The highest BCUT2D eigenvalue weighted by atomic mass is 16.5. The Morgan fingerprint density at radius 2 is 2.00 bits per heavy atom. The van der Waals surface area contributed by atoms with Crippen LogP contribution in [-0.4, -0.2) is 21.0 Å². The van der Waals surface area contributed by atoms with Gasteiger partial charge in [0.2, 0.25) is 0 Å². The maximum Gasteiger partial charge on any atom is 0.257 e. The molecule has 1 amide bonds. The number of aryl methyl sites for hydroxylation is 1. The lowest BCUT2D eigenvalue weighted by Crippen LogP contribution is -2.31. The molecule has 6 heteroatoms. The molecule has 2 saturated carbocycles. The van der Waals surface area contributed by atoms with Gasteiger partial charge in [0.1, 0.15) is 5.56 Å². The number of rotatable bonds is 5. The molecule has 2 heterocycles. The van der Waals surface area contributed by atoms with Crippen LogP contribution in [0, 0.1) is 12.8 Å². The van der Waals surface area contributed by atoms with E-state index in [0.717, 1.165) is 31.4 Å². The van der Waals surface area contributed by atoms with Crippen LogP contribution in [0.1, 0.15) is 65.3 Å². The van der Waals surface area contributed by atoms with Gasteiger partial charge in [-0.3, -0.25) is 4.79 Å². The number of hydrogen-bond acceptors (Lipinski definition) is 5. The number of carbonyl (C=O) groups excluding carboxylic acids is 1. The average molecular weight is 298 g/mol. The predicted octanol–water partition coefficient (Wildman–Crippen LogP) is 2.53. The summed E-state index contributed by atoms with van der Waals surface area (Å²) in [6.45, 7) is 1.81. The highest BCUT2D eigenvalue weighted by molar-refractivity contribution is 5.96. The predicted molar refractivity (Wildman–Crippen MR) is 78.2 cm³/mol. The smallest absolute Gasteiger partial charge is 0.257 e. The second-order valence-electron chi connectivity index (χ2n) is 6.18. The molecule has 2 fully saturated rings. The summed E-state index contributed by atoms with van der Waals surface area (Å²) in [5.74, 6) is 2.08. The molecular formula is C16H18N4O2. The molecule has 0 aliphatic heterocycles. The van der Waals surface area contributed by atoms with Crippen molar-refractivity contribution >= 4 is 5.91 Å². The van der Waals surface area contributed by atoms with Crippen LogP contribution in [0.3, 0.4) is 0 Å². The first-order valence-electron chi connectivity index (χ1n) is 7.78. The Bertz CT molecular complexity index is 689. The fraction of sp³-hybridized carbons (Fsp3) is 0.500. The first-order valence-corrected chi connectivity index (χ1v) is 7.78. The van der Waals surface area contributed by atoms with E-state index in [1.54, 1.807) is 18.5 Å². The van der Waals surface area contributed by atoms with Crippen molar-refractivity contribution in [1.29, 1.82) is 0 Å². The van der Waals surface area contributed by atoms with Crippen LogP contribution in [0.15, 0.2) is 23.0 Å². The first-order chi connectivity index (χ1) is 10.7. The second-order valence-corrected chi connectivity index (χ2v) is 6.18. The molecule has 2 aromatic heterocycles. The van der Waals surface area contributed by atoms with E-state index in [-0.39, 0.29) is 11.9 Å². The van der Waals surface area contributed by atoms with Gasteiger partial charge in [-0.1, -0.05) is 5.16 Å². The van der Waals surface area contributed by atoms with Gasteiger partial charge in [-0.05, 0) is 44.6 Å². The van der Waals surface area contributed by atoms with Crippen molar-refractivity contribution in [1.82, 2.24) is 20.4 Å². The maximum atomic E-state index is 12.7. The molecule has 1 N–H and O–H groups in total. The molecule has 2 aromatic rings. The Morgan fingerprint density at radius 3 is 2.64 bits per heavy atom. The van der Waals surface area contributed by atoms with Crippen molar-refractivity contribution in [2.45, 2.75) is 44.6 Å². The number of nitrogens with one attached hydrogen (secondary N) is 1. The fourth-order valence-electron chi connectivity index (χ4n) is 2.80. The minimum Gasteiger partial charge on any atom is -0.360 e. The van der Waals surface area contributed by atoms with Crippen LogP contribution in [0.5, 0.6) is 0 Å². The molecule has 1 unspecified atom stereocenters. The monoisotopic (exact) mass is 298 g/mol. The number of amides is 1. The summed E-state index contributed by atoms with van der Waals surface area (Å²) in [7, 11) is 0. The van der Waals surface area contributed by atoms with Crippen molar-refractivity contribution in [2.24, 2.45) is 5.92 Å². The summed E-state index contributed by atoms with van der Waals surface area (Å²) < 4.78 is 5.36. The lowest BCUT2D eigenvalue weighted by atomic mass is 10.1. The quantitative estimate of drug-likeness (QED) is 0.917. The lowest BCUT2D eigenvalue weighted by molar-refractivity contribution is 0.0927. The Morgan fingerprint density at radius 1 is 1.27 bits per heavy atom. The molecule has 22 heavy (non-hydrogen) atoms. The van der Waals surface area contributed by atoms with Crippen molar-refractivity contribution in [3.8, 4) is 0 Å². The molecule has 0 spiro atoms. The standard InChI is InChI=1S/C16H18N4O2/c1-9-12(14(22-20-9)11-5-6-11)16(21)19-13(10-3-4-10)15-17-7-2-8-18-15/h2,7-8,10-11,13H,3-6H2,1H3,(H,19,21). The fourth-order valence-corrected chi connectivity index (χ4v) is 2.80. The molecular weight excluding hydrogens is 280 g/mol. The van der Waals surface area contributed by atoms with Crippen molar-refractivity contribution in [3.05, 3.63) is 41.3 Å². The molecule has 0 aromatic carbocycles. The van der Waals surface area contributed by atoms with E-state index in [9.17, 15) is 4.79 Å². The Kier molecular flexibility index (Phi) is 3.17. The molecule has 6 nitrogen and oxygen atoms in total. The highest BCUT2D eigenvalue weighted by Gasteiger charge is 2.38. The average Bonchev–Trinajstić information content (AvgIpc) is 3.44.